The van der Waals surface area contributed by atoms with Gasteiger partial charge in [0.2, 0.25) is 0 Å². The Bertz CT molecular complexity index is 694. The maximum atomic E-state index is 13.2. The molecule has 1 aromatic carbocycles. The molecule has 4 atom stereocenters. The van der Waals surface area contributed by atoms with Crippen LogP contribution in [0.1, 0.15) is 42.5 Å². The topological polar surface area (TPSA) is 42.1 Å². The minimum atomic E-state index is -0.528. The van der Waals surface area contributed by atoms with Gasteiger partial charge in [0.15, 0.2) is 5.78 Å². The summed E-state index contributed by atoms with van der Waals surface area (Å²) in [4.78, 5) is 16.5. The Kier molecular flexibility index (Phi) is 2.27. The molecule has 1 aromatic heterocycles. The van der Waals surface area contributed by atoms with Crippen LogP contribution in [-0.4, -0.2) is 22.5 Å². The third-order valence-corrected chi connectivity index (χ3v) is 5.74. The number of aromatic amines is 1. The number of carbonyl (C=O) groups excluding carboxylic acids is 1. The summed E-state index contributed by atoms with van der Waals surface area (Å²) in [6.45, 7) is 0. The Morgan fingerprint density at radius 1 is 1.14 bits per heavy atom. The van der Waals surface area contributed by atoms with Gasteiger partial charge < -0.3 is 9.72 Å². The summed E-state index contributed by atoms with van der Waals surface area (Å²) >= 11 is 0. The van der Waals surface area contributed by atoms with Crippen LogP contribution < -0.4 is 0 Å². The number of rotatable bonds is 2. The highest BCUT2D eigenvalue weighted by atomic mass is 16.5. The fourth-order valence-electron chi connectivity index (χ4n) is 5.11. The molecular formula is C18H19NO2. The van der Waals surface area contributed by atoms with Gasteiger partial charge in [0, 0.05) is 22.7 Å². The molecule has 4 bridgehead atoms. The second-order valence-corrected chi connectivity index (χ2v) is 7.16. The number of H-pyrrole nitrogens is 1. The lowest BCUT2D eigenvalue weighted by Gasteiger charge is -2.55. The Morgan fingerprint density at radius 2 is 1.90 bits per heavy atom. The molecule has 3 heteroatoms. The number of aromatic nitrogens is 1. The van der Waals surface area contributed by atoms with Crippen molar-refractivity contribution in [3.05, 3.63) is 36.0 Å². The van der Waals surface area contributed by atoms with Crippen molar-refractivity contribution in [3.63, 3.8) is 0 Å². The lowest BCUT2D eigenvalue weighted by molar-refractivity contribution is -0.194. The van der Waals surface area contributed by atoms with Crippen LogP contribution in [0.15, 0.2) is 30.5 Å². The highest BCUT2D eigenvalue weighted by molar-refractivity contribution is 6.12. The Morgan fingerprint density at radius 3 is 2.67 bits per heavy atom. The van der Waals surface area contributed by atoms with E-state index in [1.165, 1.54) is 19.3 Å². The zero-order chi connectivity index (χ0) is 14.0. The van der Waals surface area contributed by atoms with Crippen LogP contribution in [0.2, 0.25) is 0 Å². The zero-order valence-electron chi connectivity index (χ0n) is 12.0. The van der Waals surface area contributed by atoms with E-state index in [1.54, 1.807) is 0 Å². The van der Waals surface area contributed by atoms with Crippen molar-refractivity contribution in [2.45, 2.75) is 43.8 Å². The van der Waals surface area contributed by atoms with Crippen molar-refractivity contribution in [1.82, 2.24) is 4.98 Å². The lowest BCUT2D eigenvalue weighted by Crippen LogP contribution is -2.58. The molecule has 108 valence electrons. The van der Waals surface area contributed by atoms with Crippen LogP contribution in [0.4, 0.5) is 0 Å². The standard InChI is InChI=1S/C18H19NO2/c20-17(15-10-19-16-4-2-1-3-14(15)16)18-8-11-5-12(9-18)7-13(6-11)21-18/h1-4,10-13,19H,5-9H2/t11-,12+,13?,18?. The number of benzene rings is 1. The van der Waals surface area contributed by atoms with Crippen molar-refractivity contribution in [1.29, 1.82) is 0 Å². The summed E-state index contributed by atoms with van der Waals surface area (Å²) in [5, 5.41) is 1.03. The minimum Gasteiger partial charge on any atom is -0.364 e. The fraction of sp³-hybridized carbons (Fsp3) is 0.500. The highest BCUT2D eigenvalue weighted by Gasteiger charge is 2.56. The van der Waals surface area contributed by atoms with E-state index in [0.29, 0.717) is 17.9 Å². The first kappa shape index (κ1) is 12.0. The van der Waals surface area contributed by atoms with Gasteiger partial charge in [0.25, 0.3) is 0 Å². The summed E-state index contributed by atoms with van der Waals surface area (Å²) in [6.07, 6.45) is 7.69. The number of para-hydroxylation sites is 1. The molecule has 2 aliphatic carbocycles. The van der Waals surface area contributed by atoms with Crippen molar-refractivity contribution >= 4 is 16.7 Å². The van der Waals surface area contributed by atoms with Gasteiger partial charge >= 0.3 is 0 Å². The van der Waals surface area contributed by atoms with Crippen molar-refractivity contribution < 1.29 is 9.53 Å². The van der Waals surface area contributed by atoms with Crippen molar-refractivity contribution in [2.75, 3.05) is 0 Å². The summed E-state index contributed by atoms with van der Waals surface area (Å²) in [5.41, 5.74) is 1.32. The Balaban J connectivity index is 1.59. The van der Waals surface area contributed by atoms with Gasteiger partial charge in [-0.15, -0.1) is 0 Å². The van der Waals surface area contributed by atoms with E-state index in [0.717, 1.165) is 29.3 Å². The number of fused-ring (bicyclic) bond motifs is 1. The lowest BCUT2D eigenvalue weighted by atomic mass is 9.60. The number of carbonyl (C=O) groups is 1. The van der Waals surface area contributed by atoms with E-state index >= 15 is 0 Å². The highest BCUT2D eigenvalue weighted by Crippen LogP contribution is 2.54. The van der Waals surface area contributed by atoms with Crippen LogP contribution in [0.3, 0.4) is 0 Å². The molecule has 3 heterocycles. The predicted molar refractivity (Wildman–Crippen MR) is 80.3 cm³/mol. The molecule has 0 amide bonds. The van der Waals surface area contributed by atoms with Gasteiger partial charge in [0.1, 0.15) is 5.60 Å². The average Bonchev–Trinajstić information content (AvgIpc) is 2.89. The van der Waals surface area contributed by atoms with Gasteiger partial charge in [-0.25, -0.2) is 0 Å². The van der Waals surface area contributed by atoms with Crippen LogP contribution in [0.5, 0.6) is 0 Å². The molecule has 1 N–H and O–H groups in total. The normalized spacial score (nSPS) is 37.2. The molecule has 3 nitrogen and oxygen atoms in total. The number of nitrogens with one attached hydrogen (secondary N) is 1. The number of hydrogen-bond donors (Lipinski definition) is 1. The van der Waals surface area contributed by atoms with E-state index in [1.807, 2.05) is 30.5 Å². The molecule has 4 fully saturated rings. The number of hydrogen-bond acceptors (Lipinski definition) is 2. The maximum Gasteiger partial charge on any atom is 0.196 e. The molecule has 2 unspecified atom stereocenters. The first-order valence-corrected chi connectivity index (χ1v) is 8.02. The monoisotopic (exact) mass is 281 g/mol. The van der Waals surface area contributed by atoms with E-state index in [4.69, 9.17) is 4.74 Å². The van der Waals surface area contributed by atoms with Crippen LogP contribution in [-0.2, 0) is 4.74 Å². The number of Topliss-reactive ketones (excluding diaryl/α,β-unsaturated/α-hetero) is 1. The van der Waals surface area contributed by atoms with Crippen LogP contribution >= 0.6 is 0 Å². The zero-order valence-corrected chi connectivity index (χ0v) is 12.0. The van der Waals surface area contributed by atoms with Crippen LogP contribution in [0.25, 0.3) is 10.9 Å². The largest absolute Gasteiger partial charge is 0.364 e. The third-order valence-electron chi connectivity index (χ3n) is 5.74. The first-order valence-electron chi connectivity index (χ1n) is 8.02. The number of ketones is 1. The SMILES string of the molecule is O=C(c1c[nH]c2ccccc12)C12C[C@@H]3CC(C[C@@H](C3)C1)O2. The minimum absolute atomic E-state index is 0.207. The Labute approximate surface area is 123 Å². The van der Waals surface area contributed by atoms with Crippen LogP contribution in [0, 0.1) is 11.8 Å². The quantitative estimate of drug-likeness (QED) is 0.853. The summed E-state index contributed by atoms with van der Waals surface area (Å²) in [5.74, 6) is 1.61. The fourth-order valence-corrected chi connectivity index (χ4v) is 5.11. The number of ether oxygens (including phenoxy) is 1. The average molecular weight is 281 g/mol. The molecule has 2 saturated carbocycles. The molecule has 2 saturated heterocycles. The predicted octanol–water partition coefficient (Wildman–Crippen LogP) is 3.70. The molecule has 0 radical (unpaired) electrons. The van der Waals surface area contributed by atoms with E-state index in [-0.39, 0.29) is 5.78 Å². The molecule has 6 rings (SSSR count). The Hall–Kier alpha value is -1.61. The van der Waals surface area contributed by atoms with Crippen molar-refractivity contribution in [3.8, 4) is 0 Å². The van der Waals surface area contributed by atoms with Gasteiger partial charge in [0.05, 0.1) is 6.10 Å². The molecule has 4 aliphatic rings. The second-order valence-electron chi connectivity index (χ2n) is 7.16. The maximum absolute atomic E-state index is 13.2. The van der Waals surface area contributed by atoms with Gasteiger partial charge in [-0.3, -0.25) is 4.79 Å². The van der Waals surface area contributed by atoms with Crippen molar-refractivity contribution in [2.24, 2.45) is 11.8 Å². The summed E-state index contributed by atoms with van der Waals surface area (Å²) < 4.78 is 6.28. The van der Waals surface area contributed by atoms with Gasteiger partial charge in [-0.1, -0.05) is 18.2 Å². The molecular weight excluding hydrogens is 262 g/mol. The van der Waals surface area contributed by atoms with Gasteiger partial charge in [-0.05, 0) is 50.0 Å². The summed E-state index contributed by atoms with van der Waals surface area (Å²) in [6, 6.07) is 8.04. The van der Waals surface area contributed by atoms with E-state index in [9.17, 15) is 4.79 Å². The molecule has 2 aromatic rings. The van der Waals surface area contributed by atoms with E-state index < -0.39 is 5.60 Å². The smallest absolute Gasteiger partial charge is 0.196 e. The molecule has 0 spiro atoms. The molecule has 21 heavy (non-hydrogen) atoms. The van der Waals surface area contributed by atoms with E-state index in [2.05, 4.69) is 4.98 Å². The summed E-state index contributed by atoms with van der Waals surface area (Å²) in [7, 11) is 0. The second kappa shape index (κ2) is 3.98. The molecule has 2 aliphatic heterocycles. The third kappa shape index (κ3) is 1.61. The van der Waals surface area contributed by atoms with Gasteiger partial charge in [-0.2, -0.15) is 0 Å². The first-order chi connectivity index (χ1) is 10.2.